The molecule has 120 valence electrons. The Morgan fingerprint density at radius 3 is 2.05 bits per heavy atom. The second-order valence-corrected chi connectivity index (χ2v) is 8.22. The molecule has 0 saturated carbocycles. The van der Waals surface area contributed by atoms with E-state index in [0.717, 1.165) is 6.42 Å². The summed E-state index contributed by atoms with van der Waals surface area (Å²) >= 11 is 0. The fraction of sp³-hybridized carbons (Fsp3) is 0.923. The van der Waals surface area contributed by atoms with Crippen molar-refractivity contribution in [1.29, 1.82) is 0 Å². The van der Waals surface area contributed by atoms with Crippen LogP contribution in [-0.4, -0.2) is 36.0 Å². The Morgan fingerprint density at radius 1 is 1.20 bits per heavy atom. The zero-order valence-corrected chi connectivity index (χ0v) is 14.0. The Hall–Kier alpha value is -0.820. The van der Waals surface area contributed by atoms with Gasteiger partial charge in [0.2, 0.25) is 0 Å². The number of carbonyl (C=O) groups is 1. The molecule has 2 unspecified atom stereocenters. The van der Waals surface area contributed by atoms with Crippen LogP contribution in [-0.2, 0) is 14.9 Å². The summed E-state index contributed by atoms with van der Waals surface area (Å²) in [5.41, 5.74) is -0.659. The van der Waals surface area contributed by atoms with E-state index in [9.17, 15) is 13.2 Å². The van der Waals surface area contributed by atoms with Gasteiger partial charge in [-0.15, -0.1) is 0 Å². The largest absolute Gasteiger partial charge is 0.444 e. The highest BCUT2D eigenvalue weighted by molar-refractivity contribution is 7.86. The number of nitrogens with one attached hydrogen (secondary N) is 1. The number of amides is 1. The van der Waals surface area contributed by atoms with Gasteiger partial charge in [-0.05, 0) is 46.5 Å². The van der Waals surface area contributed by atoms with Gasteiger partial charge >= 0.3 is 6.09 Å². The molecule has 0 radical (unpaired) electrons. The third-order valence-corrected chi connectivity index (χ3v) is 4.06. The minimum absolute atomic E-state index is 0.367. The number of hydrogen-bond donors (Lipinski definition) is 2. The zero-order chi connectivity index (χ0) is 16.1. The molecule has 1 amide bonds. The highest BCUT2D eigenvalue weighted by Crippen LogP contribution is 2.15. The fourth-order valence-corrected chi connectivity index (χ4v) is 2.22. The van der Waals surface area contributed by atoms with Crippen LogP contribution in [0.4, 0.5) is 4.79 Å². The van der Waals surface area contributed by atoms with E-state index in [1.807, 2.05) is 13.8 Å². The molecule has 0 aliphatic heterocycles. The van der Waals surface area contributed by atoms with E-state index in [-0.39, 0.29) is 0 Å². The first-order chi connectivity index (χ1) is 8.83. The first-order valence-electron chi connectivity index (χ1n) is 6.78. The summed E-state index contributed by atoms with van der Waals surface area (Å²) in [6.07, 6.45) is 0.514. The van der Waals surface area contributed by atoms with Crippen molar-refractivity contribution in [2.45, 2.75) is 71.3 Å². The van der Waals surface area contributed by atoms with E-state index >= 15 is 0 Å². The fourth-order valence-electron chi connectivity index (χ4n) is 1.60. The van der Waals surface area contributed by atoms with Gasteiger partial charge in [-0.25, -0.2) is 4.79 Å². The summed E-state index contributed by atoms with van der Waals surface area (Å²) in [5.74, 6) is 0.367. The minimum atomic E-state index is -4.21. The lowest BCUT2D eigenvalue weighted by Crippen LogP contribution is -2.47. The Morgan fingerprint density at radius 2 is 1.70 bits per heavy atom. The van der Waals surface area contributed by atoms with Gasteiger partial charge in [0.1, 0.15) is 10.9 Å². The molecule has 0 aromatic carbocycles. The Labute approximate surface area is 122 Å². The van der Waals surface area contributed by atoms with E-state index in [1.54, 1.807) is 20.8 Å². The van der Waals surface area contributed by atoms with Crippen LogP contribution in [0.15, 0.2) is 0 Å². The van der Waals surface area contributed by atoms with Crippen molar-refractivity contribution in [2.75, 3.05) is 0 Å². The molecule has 0 aromatic rings. The lowest BCUT2D eigenvalue weighted by molar-refractivity contribution is 0.0499. The van der Waals surface area contributed by atoms with Gasteiger partial charge in [0.15, 0.2) is 0 Å². The van der Waals surface area contributed by atoms with Crippen LogP contribution in [0.5, 0.6) is 0 Å². The van der Waals surface area contributed by atoms with Crippen LogP contribution in [0.2, 0.25) is 0 Å². The van der Waals surface area contributed by atoms with Crippen LogP contribution in [0.3, 0.4) is 0 Å². The highest BCUT2D eigenvalue weighted by atomic mass is 32.2. The van der Waals surface area contributed by atoms with Gasteiger partial charge in [-0.2, -0.15) is 8.42 Å². The molecule has 0 aromatic heterocycles. The molecule has 0 heterocycles. The van der Waals surface area contributed by atoms with Crippen molar-refractivity contribution in [3.8, 4) is 0 Å². The maximum absolute atomic E-state index is 11.7. The van der Waals surface area contributed by atoms with Crippen molar-refractivity contribution < 1.29 is 22.5 Å². The maximum Gasteiger partial charge on any atom is 0.407 e. The molecular formula is C13H27NO5S. The van der Waals surface area contributed by atoms with Crippen LogP contribution >= 0.6 is 0 Å². The number of hydrogen-bond acceptors (Lipinski definition) is 4. The molecule has 0 aliphatic carbocycles. The quantitative estimate of drug-likeness (QED) is 0.736. The number of ether oxygens (including phenoxy) is 1. The van der Waals surface area contributed by atoms with Crippen molar-refractivity contribution in [3.63, 3.8) is 0 Å². The molecule has 2 atom stereocenters. The smallest absolute Gasteiger partial charge is 0.407 e. The molecule has 0 fully saturated rings. The highest BCUT2D eigenvalue weighted by Gasteiger charge is 2.30. The van der Waals surface area contributed by atoms with Gasteiger partial charge in [0.05, 0.1) is 6.04 Å². The first kappa shape index (κ1) is 19.2. The average Bonchev–Trinajstić information content (AvgIpc) is 2.18. The van der Waals surface area contributed by atoms with Gasteiger partial charge < -0.3 is 10.1 Å². The van der Waals surface area contributed by atoms with Crippen molar-refractivity contribution in [3.05, 3.63) is 0 Å². The minimum Gasteiger partial charge on any atom is -0.444 e. The van der Waals surface area contributed by atoms with E-state index in [1.165, 1.54) is 6.92 Å². The molecular weight excluding hydrogens is 282 g/mol. The van der Waals surface area contributed by atoms with E-state index < -0.39 is 33.1 Å². The number of rotatable bonds is 6. The molecule has 2 N–H and O–H groups in total. The normalized spacial score (nSPS) is 15.8. The summed E-state index contributed by atoms with van der Waals surface area (Å²) in [6, 6.07) is -0.678. The molecule has 0 rings (SSSR count). The van der Waals surface area contributed by atoms with Gasteiger partial charge in [0.25, 0.3) is 10.1 Å². The summed E-state index contributed by atoms with van der Waals surface area (Å²) < 4.78 is 36.8. The van der Waals surface area contributed by atoms with Crippen molar-refractivity contribution in [1.82, 2.24) is 5.32 Å². The van der Waals surface area contributed by atoms with Crippen LogP contribution < -0.4 is 5.32 Å². The predicted molar refractivity (Wildman–Crippen MR) is 78.2 cm³/mol. The lowest BCUT2D eigenvalue weighted by Gasteiger charge is -2.26. The monoisotopic (exact) mass is 309 g/mol. The van der Waals surface area contributed by atoms with E-state index in [0.29, 0.717) is 12.3 Å². The lowest BCUT2D eigenvalue weighted by atomic mass is 10.0. The maximum atomic E-state index is 11.7. The van der Waals surface area contributed by atoms with Gasteiger partial charge in [0, 0.05) is 0 Å². The Balaban J connectivity index is 4.82. The molecule has 20 heavy (non-hydrogen) atoms. The van der Waals surface area contributed by atoms with Crippen LogP contribution in [0.1, 0.15) is 54.4 Å². The zero-order valence-electron chi connectivity index (χ0n) is 13.1. The Bertz CT molecular complexity index is 411. The average molecular weight is 309 g/mol. The topological polar surface area (TPSA) is 92.7 Å². The summed E-state index contributed by atoms with van der Waals surface area (Å²) in [5, 5.41) is 1.46. The SMILES string of the molecule is CC(C)CCC(NC(=O)OC(C)(C)C)C(C)S(=O)(=O)O. The molecule has 7 heteroatoms. The van der Waals surface area contributed by atoms with Gasteiger partial charge in [-0.1, -0.05) is 13.8 Å². The van der Waals surface area contributed by atoms with Crippen molar-refractivity contribution in [2.24, 2.45) is 5.92 Å². The third-order valence-electron chi connectivity index (χ3n) is 2.79. The molecule has 6 nitrogen and oxygen atoms in total. The summed E-state index contributed by atoms with van der Waals surface area (Å²) in [7, 11) is -4.21. The Kier molecular flexibility index (Phi) is 6.97. The first-order valence-corrected chi connectivity index (χ1v) is 8.29. The standard InChI is InChI=1S/C13H27NO5S/c1-9(2)7-8-11(10(3)20(16,17)18)14-12(15)19-13(4,5)6/h9-11H,7-8H2,1-6H3,(H,14,15)(H,16,17,18). The summed E-state index contributed by atoms with van der Waals surface area (Å²) in [4.78, 5) is 11.7. The second-order valence-electron chi connectivity index (χ2n) is 6.44. The number of carbonyl (C=O) groups excluding carboxylic acids is 1. The third kappa shape index (κ3) is 8.37. The molecule has 0 saturated heterocycles. The molecule has 0 spiro atoms. The predicted octanol–water partition coefficient (Wildman–Crippen LogP) is 2.59. The molecule has 0 bridgehead atoms. The van der Waals surface area contributed by atoms with Crippen LogP contribution in [0, 0.1) is 5.92 Å². The van der Waals surface area contributed by atoms with E-state index in [4.69, 9.17) is 9.29 Å². The molecule has 0 aliphatic rings. The second kappa shape index (κ2) is 7.26. The van der Waals surface area contributed by atoms with E-state index in [2.05, 4.69) is 5.32 Å². The van der Waals surface area contributed by atoms with Gasteiger partial charge in [-0.3, -0.25) is 4.55 Å². The van der Waals surface area contributed by atoms with Crippen molar-refractivity contribution >= 4 is 16.2 Å². The summed E-state index contributed by atoms with van der Waals surface area (Å²) in [6.45, 7) is 10.6. The number of alkyl carbamates (subject to hydrolysis) is 1. The van der Waals surface area contributed by atoms with Crippen LogP contribution in [0.25, 0.3) is 0 Å².